The molecular weight excluding hydrogens is 324 g/mol. The van der Waals surface area contributed by atoms with Gasteiger partial charge in [0, 0.05) is 35.5 Å². The van der Waals surface area contributed by atoms with E-state index in [0.29, 0.717) is 12.8 Å². The van der Waals surface area contributed by atoms with E-state index < -0.39 is 0 Å². The number of aromatic nitrogens is 1. The largest absolute Gasteiger partial charge is 0.446 e. The maximum absolute atomic E-state index is 12.3. The Morgan fingerprint density at radius 2 is 1.73 bits per heavy atom. The average molecular weight is 350 g/mol. The van der Waals surface area contributed by atoms with Crippen LogP contribution in [-0.2, 0) is 17.6 Å². The van der Waals surface area contributed by atoms with Crippen LogP contribution in [0, 0.1) is 0 Å². The number of ether oxygens (including phenoxy) is 1. The number of carbonyl (C=O) groups excluding carboxylic acids is 1. The number of amides is 1. The summed E-state index contributed by atoms with van der Waals surface area (Å²) in [6.45, 7) is 5.83. The summed E-state index contributed by atoms with van der Waals surface area (Å²) >= 11 is 0. The van der Waals surface area contributed by atoms with E-state index in [-0.39, 0.29) is 17.7 Å². The zero-order valence-electron chi connectivity index (χ0n) is 15.6. The number of carbonyl (C=O) groups is 1. The van der Waals surface area contributed by atoms with Gasteiger partial charge in [-0.2, -0.15) is 0 Å². The second kappa shape index (κ2) is 7.65. The van der Waals surface area contributed by atoms with Gasteiger partial charge in [0.2, 0.25) is 0 Å². The van der Waals surface area contributed by atoms with E-state index in [0.717, 1.165) is 16.6 Å². The number of rotatable bonds is 5. The molecule has 1 aromatic heterocycles. The van der Waals surface area contributed by atoms with Crippen LogP contribution >= 0.6 is 0 Å². The summed E-state index contributed by atoms with van der Waals surface area (Å²) in [5.74, 6) is 0. The molecule has 0 radical (unpaired) electrons. The van der Waals surface area contributed by atoms with Gasteiger partial charge in [0.1, 0.15) is 6.10 Å². The minimum absolute atomic E-state index is 0.237. The number of H-pyrrole nitrogens is 1. The molecule has 0 aliphatic heterocycles. The lowest BCUT2D eigenvalue weighted by Crippen LogP contribution is -2.42. The molecule has 1 atom stereocenters. The Morgan fingerprint density at radius 3 is 2.46 bits per heavy atom. The van der Waals surface area contributed by atoms with Gasteiger partial charge < -0.3 is 15.0 Å². The standard InChI is InChI=1S/C22H26N2O2/c1-22(2,3)24-21(25)26-18(13-16-9-5-4-6-10-16)14-17-15-23-20-12-8-7-11-19(17)20/h4-12,15,18,23H,13-14H2,1-3H3,(H,24,25)/t18-/m1/s1. The molecule has 1 heterocycles. The average Bonchev–Trinajstić information content (AvgIpc) is 2.97. The van der Waals surface area contributed by atoms with E-state index >= 15 is 0 Å². The van der Waals surface area contributed by atoms with Crippen LogP contribution in [0.25, 0.3) is 10.9 Å². The lowest BCUT2D eigenvalue weighted by atomic mass is 10.0. The van der Waals surface area contributed by atoms with Crippen molar-refractivity contribution in [2.75, 3.05) is 0 Å². The molecule has 3 aromatic rings. The molecule has 0 saturated heterocycles. The van der Waals surface area contributed by atoms with Gasteiger partial charge in [0.15, 0.2) is 0 Å². The maximum atomic E-state index is 12.3. The first-order valence-electron chi connectivity index (χ1n) is 8.98. The van der Waals surface area contributed by atoms with Crippen LogP contribution in [-0.4, -0.2) is 22.7 Å². The number of para-hydroxylation sites is 1. The van der Waals surface area contributed by atoms with Crippen molar-refractivity contribution >= 4 is 17.0 Å². The van der Waals surface area contributed by atoms with E-state index in [9.17, 15) is 4.79 Å². The summed E-state index contributed by atoms with van der Waals surface area (Å²) in [6, 6.07) is 18.3. The van der Waals surface area contributed by atoms with Crippen molar-refractivity contribution in [1.29, 1.82) is 0 Å². The highest BCUT2D eigenvalue weighted by Crippen LogP contribution is 2.21. The highest BCUT2D eigenvalue weighted by Gasteiger charge is 2.21. The van der Waals surface area contributed by atoms with Gasteiger partial charge in [-0.15, -0.1) is 0 Å². The molecule has 0 unspecified atom stereocenters. The summed E-state index contributed by atoms with van der Waals surface area (Å²) in [5.41, 5.74) is 3.08. The van der Waals surface area contributed by atoms with Crippen LogP contribution in [0.1, 0.15) is 31.9 Å². The van der Waals surface area contributed by atoms with Crippen LogP contribution in [0.3, 0.4) is 0 Å². The van der Waals surface area contributed by atoms with Crippen molar-refractivity contribution in [3.05, 3.63) is 71.9 Å². The first-order chi connectivity index (χ1) is 12.4. The molecule has 0 fully saturated rings. The Labute approximate surface area is 154 Å². The second-order valence-electron chi connectivity index (χ2n) is 7.66. The zero-order chi connectivity index (χ0) is 18.6. The Bertz CT molecular complexity index is 862. The molecule has 0 aliphatic rings. The third-order valence-corrected chi connectivity index (χ3v) is 4.18. The maximum Gasteiger partial charge on any atom is 0.407 e. The van der Waals surface area contributed by atoms with Gasteiger partial charge >= 0.3 is 6.09 Å². The number of nitrogens with one attached hydrogen (secondary N) is 2. The van der Waals surface area contributed by atoms with E-state index in [1.807, 2.05) is 57.3 Å². The van der Waals surface area contributed by atoms with E-state index in [4.69, 9.17) is 4.74 Å². The molecular formula is C22H26N2O2. The van der Waals surface area contributed by atoms with Crippen molar-refractivity contribution < 1.29 is 9.53 Å². The number of aromatic amines is 1. The minimum Gasteiger partial charge on any atom is -0.446 e. The summed E-state index contributed by atoms with van der Waals surface area (Å²) in [7, 11) is 0. The van der Waals surface area contributed by atoms with E-state index in [1.54, 1.807) is 0 Å². The van der Waals surface area contributed by atoms with E-state index in [1.165, 1.54) is 5.39 Å². The summed E-state index contributed by atoms with van der Waals surface area (Å²) in [5, 5.41) is 4.05. The summed E-state index contributed by atoms with van der Waals surface area (Å²) in [6.07, 6.45) is 2.74. The third kappa shape index (κ3) is 4.88. The molecule has 0 saturated carbocycles. The van der Waals surface area contributed by atoms with Crippen molar-refractivity contribution in [3.8, 4) is 0 Å². The summed E-state index contributed by atoms with van der Waals surface area (Å²) in [4.78, 5) is 15.6. The summed E-state index contributed by atoms with van der Waals surface area (Å²) < 4.78 is 5.79. The molecule has 2 N–H and O–H groups in total. The second-order valence-corrected chi connectivity index (χ2v) is 7.66. The normalized spacial score (nSPS) is 12.7. The molecule has 136 valence electrons. The highest BCUT2D eigenvalue weighted by atomic mass is 16.6. The van der Waals surface area contributed by atoms with Gasteiger partial charge in [0.25, 0.3) is 0 Å². The molecule has 4 heteroatoms. The van der Waals surface area contributed by atoms with Crippen LogP contribution in [0.5, 0.6) is 0 Å². The predicted octanol–water partition coefficient (Wildman–Crippen LogP) is 4.85. The van der Waals surface area contributed by atoms with Gasteiger partial charge in [-0.3, -0.25) is 0 Å². The Kier molecular flexibility index (Phi) is 5.31. The molecule has 26 heavy (non-hydrogen) atoms. The van der Waals surface area contributed by atoms with Gasteiger partial charge in [-0.05, 0) is 38.0 Å². The first kappa shape index (κ1) is 18.1. The third-order valence-electron chi connectivity index (χ3n) is 4.18. The molecule has 1 amide bonds. The Morgan fingerprint density at radius 1 is 1.04 bits per heavy atom. The smallest absolute Gasteiger partial charge is 0.407 e. The highest BCUT2D eigenvalue weighted by molar-refractivity contribution is 5.83. The lowest BCUT2D eigenvalue weighted by Gasteiger charge is -2.24. The molecule has 3 rings (SSSR count). The molecule has 0 spiro atoms. The van der Waals surface area contributed by atoms with E-state index in [2.05, 4.69) is 34.6 Å². The molecule has 4 nitrogen and oxygen atoms in total. The van der Waals surface area contributed by atoms with Crippen molar-refractivity contribution in [1.82, 2.24) is 10.3 Å². The van der Waals surface area contributed by atoms with Crippen molar-refractivity contribution in [3.63, 3.8) is 0 Å². The molecule has 0 aliphatic carbocycles. The first-order valence-corrected chi connectivity index (χ1v) is 8.98. The fourth-order valence-corrected chi connectivity index (χ4v) is 3.07. The van der Waals surface area contributed by atoms with Gasteiger partial charge in [-0.25, -0.2) is 4.79 Å². The SMILES string of the molecule is CC(C)(C)NC(=O)O[C@H](Cc1ccccc1)Cc1c[nH]c2ccccc12. The van der Waals surface area contributed by atoms with Gasteiger partial charge in [-0.1, -0.05) is 48.5 Å². The predicted molar refractivity (Wildman–Crippen MR) is 105 cm³/mol. The van der Waals surface area contributed by atoms with Crippen LogP contribution in [0.15, 0.2) is 60.8 Å². The number of hydrogen-bond donors (Lipinski definition) is 2. The number of alkyl carbamates (subject to hydrolysis) is 1. The van der Waals surface area contributed by atoms with Crippen LogP contribution in [0.4, 0.5) is 4.79 Å². The van der Waals surface area contributed by atoms with Crippen LogP contribution in [0.2, 0.25) is 0 Å². The van der Waals surface area contributed by atoms with Crippen LogP contribution < -0.4 is 5.32 Å². The minimum atomic E-state index is -0.377. The quantitative estimate of drug-likeness (QED) is 0.691. The fraction of sp³-hybridized carbons (Fsp3) is 0.318. The number of benzene rings is 2. The Balaban J connectivity index is 1.79. The monoisotopic (exact) mass is 350 g/mol. The fourth-order valence-electron chi connectivity index (χ4n) is 3.07. The van der Waals surface area contributed by atoms with Crippen molar-refractivity contribution in [2.45, 2.75) is 45.3 Å². The Hall–Kier alpha value is -2.75. The number of fused-ring (bicyclic) bond motifs is 1. The number of hydrogen-bond acceptors (Lipinski definition) is 2. The topological polar surface area (TPSA) is 54.1 Å². The van der Waals surface area contributed by atoms with Crippen molar-refractivity contribution in [2.24, 2.45) is 0 Å². The van der Waals surface area contributed by atoms with Gasteiger partial charge in [0.05, 0.1) is 0 Å². The lowest BCUT2D eigenvalue weighted by molar-refractivity contribution is 0.0913. The molecule has 2 aromatic carbocycles. The molecule has 0 bridgehead atoms. The zero-order valence-corrected chi connectivity index (χ0v) is 15.6.